The summed E-state index contributed by atoms with van der Waals surface area (Å²) in [5.41, 5.74) is 0.384. The molecule has 0 atom stereocenters. The van der Waals surface area contributed by atoms with Gasteiger partial charge in [0, 0.05) is 32.7 Å². The third-order valence-electron chi connectivity index (χ3n) is 2.41. The first kappa shape index (κ1) is 24.9. The maximum atomic E-state index is 11.3. The normalized spacial score (nSPS) is 10.9. The van der Waals surface area contributed by atoms with Gasteiger partial charge in [0.1, 0.15) is 0 Å². The van der Waals surface area contributed by atoms with Crippen LogP contribution in [0, 0.1) is 0 Å². The Balaban J connectivity index is 0.000000377. The molecule has 2 heterocycles. The molecule has 0 N–H and O–H groups in total. The fourth-order valence-electron chi connectivity index (χ4n) is 1.26. The van der Waals surface area contributed by atoms with Gasteiger partial charge in [-0.3, -0.25) is 9.59 Å². The van der Waals surface area contributed by atoms with Gasteiger partial charge in [-0.15, -0.1) is 0 Å². The molecular formula is C14H13Cl7N2O2. The first-order valence-corrected chi connectivity index (χ1v) is 8.97. The molecule has 25 heavy (non-hydrogen) atoms. The SMILES string of the molecule is Cn1cccc1.Cn1cccc1C(=O)C(Cl)(Cl)Cl.O=C(Cl)C(Cl)(Cl)Cl. The molecule has 0 aliphatic carbocycles. The molecule has 0 amide bonds. The summed E-state index contributed by atoms with van der Waals surface area (Å²) < 4.78 is -0.224. The lowest BCUT2D eigenvalue weighted by Gasteiger charge is -2.09. The zero-order valence-electron chi connectivity index (χ0n) is 12.9. The number of aromatic nitrogens is 2. The predicted octanol–water partition coefficient (Wildman–Crippen LogP) is 5.73. The number of nitrogens with zero attached hydrogens (tertiary/aromatic N) is 2. The van der Waals surface area contributed by atoms with E-state index in [1.54, 1.807) is 29.9 Å². The summed E-state index contributed by atoms with van der Waals surface area (Å²) in [6.45, 7) is 0. The lowest BCUT2D eigenvalue weighted by molar-refractivity contribution is -0.110. The molecule has 0 fully saturated rings. The summed E-state index contributed by atoms with van der Waals surface area (Å²) in [6.07, 6.45) is 5.71. The van der Waals surface area contributed by atoms with E-state index in [1.165, 1.54) is 0 Å². The van der Waals surface area contributed by atoms with Crippen molar-refractivity contribution in [3.63, 3.8) is 0 Å². The number of rotatable bonds is 1. The lowest BCUT2D eigenvalue weighted by atomic mass is 10.3. The molecule has 2 aromatic heterocycles. The smallest absolute Gasteiger partial charge is 0.273 e. The molecule has 0 unspecified atom stereocenters. The number of Topliss-reactive ketones (excluding diaryl/α,β-unsaturated/α-hetero) is 1. The van der Waals surface area contributed by atoms with Crippen LogP contribution in [-0.2, 0) is 18.9 Å². The van der Waals surface area contributed by atoms with E-state index < -0.39 is 18.6 Å². The van der Waals surface area contributed by atoms with Crippen molar-refractivity contribution in [2.75, 3.05) is 0 Å². The molecule has 0 saturated carbocycles. The molecule has 0 aliphatic heterocycles. The van der Waals surface area contributed by atoms with Crippen molar-refractivity contribution in [1.82, 2.24) is 9.13 Å². The minimum Gasteiger partial charge on any atom is -0.357 e. The van der Waals surface area contributed by atoms with Crippen LogP contribution >= 0.6 is 81.2 Å². The second-order valence-electron chi connectivity index (χ2n) is 4.45. The number of carbonyl (C=O) groups excluding carboxylic acids is 2. The van der Waals surface area contributed by atoms with Crippen LogP contribution in [-0.4, -0.2) is 27.7 Å². The molecule has 2 rings (SSSR count). The number of hydrogen-bond acceptors (Lipinski definition) is 2. The van der Waals surface area contributed by atoms with Crippen molar-refractivity contribution in [3.8, 4) is 0 Å². The fraction of sp³-hybridized carbons (Fsp3) is 0.286. The molecule has 0 aromatic carbocycles. The summed E-state index contributed by atoms with van der Waals surface area (Å²) in [7, 11) is 3.71. The number of hydrogen-bond donors (Lipinski definition) is 0. The minimum absolute atomic E-state index is 0.384. The molecule has 2 aromatic rings. The first-order chi connectivity index (χ1) is 11.3. The average Bonchev–Trinajstić information content (AvgIpc) is 3.08. The van der Waals surface area contributed by atoms with E-state index in [1.807, 2.05) is 36.1 Å². The van der Waals surface area contributed by atoms with E-state index in [2.05, 4.69) is 0 Å². The van der Waals surface area contributed by atoms with Gasteiger partial charge in [-0.05, 0) is 35.9 Å². The third kappa shape index (κ3) is 10.6. The van der Waals surface area contributed by atoms with E-state index in [4.69, 9.17) is 81.2 Å². The Morgan fingerprint density at radius 2 is 1.28 bits per heavy atom. The van der Waals surface area contributed by atoms with Crippen LogP contribution in [0.3, 0.4) is 0 Å². The topological polar surface area (TPSA) is 44.0 Å². The predicted molar refractivity (Wildman–Crippen MR) is 107 cm³/mol. The number of ketones is 1. The van der Waals surface area contributed by atoms with Gasteiger partial charge < -0.3 is 9.13 Å². The highest BCUT2D eigenvalue weighted by molar-refractivity contribution is 6.88. The van der Waals surface area contributed by atoms with Crippen LogP contribution in [0.25, 0.3) is 0 Å². The van der Waals surface area contributed by atoms with Crippen molar-refractivity contribution in [3.05, 3.63) is 48.5 Å². The highest BCUT2D eigenvalue weighted by atomic mass is 35.6. The van der Waals surface area contributed by atoms with Crippen LogP contribution in [0.4, 0.5) is 0 Å². The molecule has 0 saturated heterocycles. The summed E-state index contributed by atoms with van der Waals surface area (Å²) >= 11 is 35.7. The largest absolute Gasteiger partial charge is 0.357 e. The second-order valence-corrected chi connectivity index (χ2v) is 9.36. The first-order valence-electron chi connectivity index (χ1n) is 6.33. The van der Waals surface area contributed by atoms with E-state index in [9.17, 15) is 9.59 Å². The van der Waals surface area contributed by atoms with Gasteiger partial charge >= 0.3 is 0 Å². The van der Waals surface area contributed by atoms with Gasteiger partial charge in [0.15, 0.2) is 0 Å². The second kappa shape index (κ2) is 10.9. The van der Waals surface area contributed by atoms with Crippen LogP contribution in [0.1, 0.15) is 10.5 Å². The Labute approximate surface area is 180 Å². The molecule has 140 valence electrons. The van der Waals surface area contributed by atoms with Crippen molar-refractivity contribution < 1.29 is 9.59 Å². The van der Waals surface area contributed by atoms with Crippen LogP contribution in [0.15, 0.2) is 42.9 Å². The van der Waals surface area contributed by atoms with Crippen molar-refractivity contribution in [2.24, 2.45) is 14.1 Å². The number of aryl methyl sites for hydroxylation is 2. The van der Waals surface area contributed by atoms with Crippen LogP contribution < -0.4 is 0 Å². The Bertz CT molecular complexity index is 670. The Kier molecular flexibility index (Phi) is 10.9. The summed E-state index contributed by atoms with van der Waals surface area (Å²) in [5.74, 6) is -0.514. The van der Waals surface area contributed by atoms with Gasteiger partial charge in [0.25, 0.3) is 12.8 Å². The number of halogens is 7. The number of carbonyl (C=O) groups is 2. The van der Waals surface area contributed by atoms with Gasteiger partial charge in [0.05, 0.1) is 5.69 Å². The number of alkyl halides is 6. The van der Waals surface area contributed by atoms with Crippen molar-refractivity contribution >= 4 is 92.2 Å². The Morgan fingerprint density at radius 3 is 1.48 bits per heavy atom. The van der Waals surface area contributed by atoms with Gasteiger partial charge in [-0.2, -0.15) is 0 Å². The zero-order chi connectivity index (χ0) is 19.8. The van der Waals surface area contributed by atoms with E-state index in [-0.39, 0.29) is 0 Å². The van der Waals surface area contributed by atoms with Crippen LogP contribution in [0.5, 0.6) is 0 Å². The fourth-order valence-corrected chi connectivity index (χ4v) is 1.55. The summed E-state index contributed by atoms with van der Waals surface area (Å²) in [4.78, 5) is 21.2. The molecular weight excluding hydrogens is 476 g/mol. The highest BCUT2D eigenvalue weighted by Gasteiger charge is 2.32. The molecule has 11 heteroatoms. The molecule has 0 spiro atoms. The Morgan fingerprint density at radius 1 is 0.840 bits per heavy atom. The molecule has 0 aliphatic rings. The summed E-state index contributed by atoms with van der Waals surface area (Å²) in [6, 6.07) is 7.31. The highest BCUT2D eigenvalue weighted by Crippen LogP contribution is 2.30. The maximum absolute atomic E-state index is 11.3. The Hall–Kier alpha value is -0.0700. The quantitative estimate of drug-likeness (QED) is 0.292. The zero-order valence-corrected chi connectivity index (χ0v) is 18.2. The van der Waals surface area contributed by atoms with E-state index in [0.717, 1.165) is 0 Å². The molecule has 0 radical (unpaired) electrons. The summed E-state index contributed by atoms with van der Waals surface area (Å²) in [5, 5.41) is -0.988. The third-order valence-corrected chi connectivity index (χ3v) is 4.01. The molecule has 0 bridgehead atoms. The van der Waals surface area contributed by atoms with Gasteiger partial charge in [-0.25, -0.2) is 0 Å². The minimum atomic E-state index is -1.96. The van der Waals surface area contributed by atoms with Crippen molar-refractivity contribution in [1.29, 1.82) is 0 Å². The van der Waals surface area contributed by atoms with E-state index in [0.29, 0.717) is 5.69 Å². The van der Waals surface area contributed by atoms with Gasteiger partial charge in [0.2, 0.25) is 5.78 Å². The lowest BCUT2D eigenvalue weighted by Crippen LogP contribution is -2.21. The van der Waals surface area contributed by atoms with Crippen molar-refractivity contribution in [2.45, 2.75) is 7.59 Å². The monoisotopic (exact) mass is 486 g/mol. The van der Waals surface area contributed by atoms with E-state index >= 15 is 0 Å². The standard InChI is InChI=1S/C7H6Cl3NO.C5H7N.C2Cl4O/c1-11-4-2-3-5(11)6(12)7(8,9)10;1-6-4-2-3-5-6;3-1(7)2(4,5)6/h2-4H,1H3;2-5H,1H3;. The molecule has 4 nitrogen and oxygen atoms in total. The maximum Gasteiger partial charge on any atom is 0.273 e. The average molecular weight is 489 g/mol. The van der Waals surface area contributed by atoms with Gasteiger partial charge in [-0.1, -0.05) is 69.6 Å². The van der Waals surface area contributed by atoms with Crippen LogP contribution in [0.2, 0.25) is 0 Å².